The lowest BCUT2D eigenvalue weighted by molar-refractivity contribution is -0.159. The Morgan fingerprint density at radius 1 is 0.307 bits per heavy atom. The van der Waals surface area contributed by atoms with Crippen molar-refractivity contribution in [1.82, 2.24) is 26.6 Å². The number of benzene rings is 9. The normalized spacial score (nSPS) is 12.8. The molecular weight excluding hydrogens is 1910 g/mol. The van der Waals surface area contributed by atoms with Gasteiger partial charge in [0.15, 0.2) is 11.6 Å². The van der Waals surface area contributed by atoms with Crippen molar-refractivity contribution >= 4 is 83.1 Å². The van der Waals surface area contributed by atoms with Gasteiger partial charge in [-0.25, -0.2) is 14.4 Å². The van der Waals surface area contributed by atoms with Gasteiger partial charge in [0.05, 0.1) is 48.8 Å². The number of ketones is 3. The molecule has 19 N–H and O–H groups in total. The van der Waals surface area contributed by atoms with E-state index in [1.54, 1.807) is 77.9 Å². The van der Waals surface area contributed by atoms with Gasteiger partial charge in [0.25, 0.3) is 0 Å². The van der Waals surface area contributed by atoms with E-state index in [4.69, 9.17) is 52.4 Å². The van der Waals surface area contributed by atoms with Crippen molar-refractivity contribution in [2.24, 2.45) is 58.3 Å². The highest BCUT2D eigenvalue weighted by atomic mass is 16.6. The minimum atomic E-state index is -1.03. The van der Waals surface area contributed by atoms with Crippen LogP contribution in [0.1, 0.15) is 215 Å². The number of ether oxygens (including phenoxy) is 5. The van der Waals surface area contributed by atoms with E-state index in [9.17, 15) is 87.5 Å². The summed E-state index contributed by atoms with van der Waals surface area (Å²) in [5.41, 5.74) is 40.3. The Balaban J connectivity index is 0.000000319. The molecule has 0 heterocycles. The van der Waals surface area contributed by atoms with Gasteiger partial charge in [-0.3, -0.25) is 52.7 Å². The molecule has 0 fully saturated rings. The number of aryl methyl sites for hydroxylation is 6. The number of carbonyl (C=O) groups is 14. The lowest BCUT2D eigenvalue weighted by Crippen LogP contribution is -2.50. The van der Waals surface area contributed by atoms with Crippen LogP contribution >= 0.6 is 0 Å². The summed E-state index contributed by atoms with van der Waals surface area (Å²) in [6.45, 7) is 22.9. The Morgan fingerprint density at radius 2 is 0.567 bits per heavy atom. The molecule has 8 amide bonds. The number of carboxylic acid groups (broad SMARTS) is 1. The van der Waals surface area contributed by atoms with E-state index in [0.29, 0.717) is 70.9 Å². The second kappa shape index (κ2) is 64.2. The zero-order valence-electron chi connectivity index (χ0n) is 88.3. The zero-order chi connectivity index (χ0) is 111. The van der Waals surface area contributed by atoms with Gasteiger partial charge in [0.2, 0.25) is 29.5 Å². The molecule has 33 heteroatoms. The SMILES string of the molecule is Cc1cc(O)cc(C)c1C[C@H](CC(=O)OC(C)(C)C)C(=O)N[C@@H](CCCCNC(=O)OCc1ccccc1)C(=O)CC(Cc1ccccc1)C(N)=O.Cc1cc(O)cc(C)c1C[C@H](CC(=O)OC(C)(C)C)C(=O)O.Cc1cc(O)cc(C)c1C[C@H](N)C(=O)N[C@@H](CCCCNC(=O)OCc1ccccc1)C(=O)CC(Cc1ccccc1)C(N)=O.NC(=O)C(CC(=O)[C@@H](N)CCCCNC(=O)OCc1ccccc1)Cc1ccccc1. The lowest BCUT2D eigenvalue weighted by atomic mass is 9.88. The fourth-order valence-electron chi connectivity index (χ4n) is 16.7. The number of hydrogen-bond donors (Lipinski definition) is 14. The molecule has 0 aliphatic rings. The number of hydrogen-bond acceptors (Lipinski definition) is 24. The molecule has 0 bridgehead atoms. The quantitative estimate of drug-likeness (QED) is 0.00956. The van der Waals surface area contributed by atoms with Crippen LogP contribution in [0.4, 0.5) is 14.4 Å². The van der Waals surface area contributed by atoms with E-state index in [2.05, 4.69) is 26.6 Å². The molecule has 3 unspecified atom stereocenters. The third-order valence-electron chi connectivity index (χ3n) is 24.7. The molecule has 9 aromatic rings. The third kappa shape index (κ3) is 48.7. The molecule has 0 aromatic heterocycles. The van der Waals surface area contributed by atoms with E-state index in [1.165, 1.54) is 0 Å². The van der Waals surface area contributed by atoms with Gasteiger partial charge < -0.3 is 99.4 Å². The molecule has 0 saturated carbocycles. The summed E-state index contributed by atoms with van der Waals surface area (Å²) in [6, 6.07) is 62.2. The molecule has 0 saturated heterocycles. The minimum absolute atomic E-state index is 0.0372. The predicted octanol–water partition coefficient (Wildman–Crippen LogP) is 15.2. The first kappa shape index (κ1) is 124. The van der Waals surface area contributed by atoms with Gasteiger partial charge in [-0.15, -0.1) is 0 Å². The lowest BCUT2D eigenvalue weighted by Gasteiger charge is -2.25. The summed E-state index contributed by atoms with van der Waals surface area (Å²) >= 11 is 0. The van der Waals surface area contributed by atoms with Gasteiger partial charge >= 0.3 is 36.2 Å². The highest BCUT2D eigenvalue weighted by Gasteiger charge is 2.35. The number of phenols is 3. The number of aliphatic carboxylic acids is 1. The number of phenolic OH excluding ortho intramolecular Hbond substituents is 3. The van der Waals surface area contributed by atoms with Crippen molar-refractivity contribution in [2.75, 3.05) is 19.6 Å². The molecule has 0 aliphatic carbocycles. The molecular formula is C117H152N10O23. The summed E-state index contributed by atoms with van der Waals surface area (Å²) in [5, 5.41) is 52.6. The standard InChI is InChI=1S/C41H53N3O8.C35H44N4O6.C24H31N3O4.C17H24O5/c1-27-20-33(45)21-28(2)34(27)23-32(25-37(47)52-41(3,4)5)39(49)44-35(36(46)24-31(38(42)48)22-29-14-8-6-9-15-29)18-12-13-19-43-40(50)51-26-30-16-10-7-11-17-30;1-23-17-28(40)18-24(2)29(23)21-30(36)34(43)39-31(32(41)20-27(33(37)42)19-25-11-5-3-6-12-25)15-9-10-16-38-35(44)45-22-26-13-7-4-8-14-26;25-21(22(28)16-20(23(26)29)15-18-9-3-1-4-10-18)13-7-8-14-27-24(30)31-17-19-11-5-2-6-12-19;1-10-6-13(18)7-11(2)14(10)8-12(16(20)21)9-15(19)22-17(3,4)5/h6-11,14-17,20-21,31-32,35,45H,12-13,18-19,22-26H2,1-5H3,(H2,42,48)(H,43,50)(H,44,49);3-8,11-14,17-18,27,30-31,40H,9-10,15-16,19-22,36H2,1-2H3,(H2,37,42)(H,38,44)(H,39,43);1-6,9-12,20-21H,7-8,13-17,25H2,(H2,26,29)(H,27,30);6-7,12,18H,8-9H2,1-5H3,(H,20,21)/t31?,32-,35+;27?,30-,31-;20?,21-;12-/m1001/s1. The van der Waals surface area contributed by atoms with Crippen LogP contribution in [0.2, 0.25) is 0 Å². The number of amides is 8. The maximum absolute atomic E-state index is 14.0. The van der Waals surface area contributed by atoms with Gasteiger partial charge in [0, 0.05) is 56.7 Å². The summed E-state index contributed by atoms with van der Waals surface area (Å²) in [4.78, 5) is 176. The van der Waals surface area contributed by atoms with Crippen molar-refractivity contribution in [1.29, 1.82) is 0 Å². The van der Waals surface area contributed by atoms with Crippen LogP contribution in [0.15, 0.2) is 218 Å². The number of unbranched alkanes of at least 4 members (excludes halogenated alkanes) is 3. The Hall–Kier alpha value is -15.1. The fraction of sp³-hybridized carbons (Fsp3) is 0.419. The molecule has 150 heavy (non-hydrogen) atoms. The second-order valence-electron chi connectivity index (χ2n) is 39.8. The number of carboxylic acids is 1. The van der Waals surface area contributed by atoms with Crippen molar-refractivity contribution in [3.63, 3.8) is 0 Å². The Bertz CT molecular complexity index is 5780. The summed E-state index contributed by atoms with van der Waals surface area (Å²) in [7, 11) is 0. The number of Topliss-reactive ketones (excluding diaryl/α,β-unsaturated/α-hetero) is 3. The summed E-state index contributed by atoms with van der Waals surface area (Å²) in [6.07, 6.45) is 3.60. The van der Waals surface area contributed by atoms with Crippen LogP contribution < -0.4 is 55.3 Å². The number of nitrogens with one attached hydrogen (secondary N) is 5. The smallest absolute Gasteiger partial charge is 0.407 e. The van der Waals surface area contributed by atoms with Crippen molar-refractivity contribution < 1.29 is 111 Å². The molecule has 9 atom stereocenters. The Labute approximate surface area is 879 Å². The first-order valence-electron chi connectivity index (χ1n) is 50.7. The highest BCUT2D eigenvalue weighted by molar-refractivity contribution is 5.95. The molecule has 808 valence electrons. The van der Waals surface area contributed by atoms with Crippen LogP contribution in [0.5, 0.6) is 17.2 Å². The van der Waals surface area contributed by atoms with Crippen LogP contribution in [-0.2, 0) is 135 Å². The largest absolute Gasteiger partial charge is 0.508 e. The maximum atomic E-state index is 14.0. The Kier molecular flexibility index (Phi) is 52.9. The third-order valence-corrected chi connectivity index (χ3v) is 24.7. The van der Waals surface area contributed by atoms with E-state index in [0.717, 1.165) is 83.5 Å². The van der Waals surface area contributed by atoms with Gasteiger partial charge in [-0.2, -0.15) is 0 Å². The van der Waals surface area contributed by atoms with Crippen LogP contribution in [0.3, 0.4) is 0 Å². The minimum Gasteiger partial charge on any atom is -0.508 e. The van der Waals surface area contributed by atoms with Crippen LogP contribution in [0, 0.1) is 71.1 Å². The number of alkyl carbamates (subject to hydrolysis) is 3. The number of carbonyl (C=O) groups excluding carboxylic acids is 13. The average molecular weight is 2070 g/mol. The second-order valence-corrected chi connectivity index (χ2v) is 39.8. The van der Waals surface area contributed by atoms with Crippen LogP contribution in [-0.4, -0.2) is 159 Å². The Morgan fingerprint density at radius 3 is 0.853 bits per heavy atom. The predicted molar refractivity (Wildman–Crippen MR) is 572 cm³/mol. The first-order chi connectivity index (χ1) is 71.1. The molecule has 9 aromatic carbocycles. The van der Waals surface area contributed by atoms with E-state index < -0.39 is 131 Å². The number of aromatic hydroxyl groups is 3. The number of rotatable bonds is 54. The van der Waals surface area contributed by atoms with Gasteiger partial charge in [-0.1, -0.05) is 182 Å². The molecule has 0 aliphatic heterocycles. The van der Waals surface area contributed by atoms with Gasteiger partial charge in [0.1, 0.15) is 54.1 Å². The van der Waals surface area contributed by atoms with E-state index in [-0.39, 0.29) is 132 Å². The number of esters is 2. The van der Waals surface area contributed by atoms with Crippen LogP contribution in [0.25, 0.3) is 0 Å². The molecule has 0 spiro atoms. The summed E-state index contributed by atoms with van der Waals surface area (Å²) < 4.78 is 26.4. The maximum Gasteiger partial charge on any atom is 0.407 e. The summed E-state index contributed by atoms with van der Waals surface area (Å²) in [5.74, 6) is -9.17. The first-order valence-corrected chi connectivity index (χ1v) is 50.7. The highest BCUT2D eigenvalue weighted by Crippen LogP contribution is 2.31. The van der Waals surface area contributed by atoms with Crippen molar-refractivity contribution in [3.05, 3.63) is 302 Å². The van der Waals surface area contributed by atoms with E-state index >= 15 is 0 Å². The zero-order valence-corrected chi connectivity index (χ0v) is 88.3. The topological polar surface area (TPSA) is 556 Å². The van der Waals surface area contributed by atoms with Crippen molar-refractivity contribution in [2.45, 2.75) is 267 Å². The van der Waals surface area contributed by atoms with E-state index in [1.807, 2.05) is 224 Å². The monoisotopic (exact) mass is 2070 g/mol. The fourth-order valence-corrected chi connectivity index (χ4v) is 16.7. The van der Waals surface area contributed by atoms with Crippen molar-refractivity contribution in [3.8, 4) is 17.2 Å². The number of nitrogens with two attached hydrogens (primary N) is 5. The number of primary amides is 3. The molecule has 33 nitrogen and oxygen atoms in total. The average Bonchev–Trinajstić information content (AvgIpc) is 0.852. The molecule has 9 rings (SSSR count). The molecule has 0 radical (unpaired) electrons. The van der Waals surface area contributed by atoms with Gasteiger partial charge in [-0.05, 0) is 299 Å².